The number of rotatable bonds is 3. The van der Waals surface area contributed by atoms with Gasteiger partial charge in [-0.25, -0.2) is 4.98 Å². The highest BCUT2D eigenvalue weighted by molar-refractivity contribution is 8.00. The van der Waals surface area contributed by atoms with Gasteiger partial charge in [0.25, 0.3) is 0 Å². The summed E-state index contributed by atoms with van der Waals surface area (Å²) in [7, 11) is 0. The molecule has 0 N–H and O–H groups in total. The Bertz CT molecular complexity index is 292. The number of hydrogen-bond acceptors (Lipinski definition) is 4. The summed E-state index contributed by atoms with van der Waals surface area (Å²) in [5.41, 5.74) is 0. The number of nitrogens with zero attached hydrogens (tertiary/aromatic N) is 1. The lowest BCUT2D eigenvalue weighted by Crippen LogP contribution is -2.00. The van der Waals surface area contributed by atoms with Crippen molar-refractivity contribution in [2.45, 2.75) is 24.5 Å². The van der Waals surface area contributed by atoms with Crippen molar-refractivity contribution in [3.05, 3.63) is 16.1 Å². The summed E-state index contributed by atoms with van der Waals surface area (Å²) in [5.74, 6) is 1.29. The van der Waals surface area contributed by atoms with Crippen molar-refractivity contribution in [3.8, 4) is 0 Å². The van der Waals surface area contributed by atoms with Gasteiger partial charge in [-0.15, -0.1) is 11.3 Å². The second kappa shape index (κ2) is 4.24. The molecule has 1 saturated heterocycles. The third-order valence-corrected chi connectivity index (χ3v) is 4.46. The van der Waals surface area contributed by atoms with Crippen LogP contribution in [0.3, 0.4) is 0 Å². The lowest BCUT2D eigenvalue weighted by atomic mass is 10.2. The van der Waals surface area contributed by atoms with Gasteiger partial charge in [0.1, 0.15) is 0 Å². The largest absolute Gasteiger partial charge is 0.297 e. The maximum atomic E-state index is 10.4. The Hall–Kier alpha value is -0.350. The average Bonchev–Trinajstić information content (AvgIpc) is 2.76. The molecule has 13 heavy (non-hydrogen) atoms. The second-order valence-corrected chi connectivity index (χ2v) is 5.67. The maximum absolute atomic E-state index is 10.4. The Morgan fingerprint density at radius 3 is 3.23 bits per heavy atom. The molecular formula is C9H11NOS2. The number of carbonyl (C=O) groups is 1. The van der Waals surface area contributed by atoms with E-state index < -0.39 is 0 Å². The smallest absolute Gasteiger partial charge is 0.161 e. The van der Waals surface area contributed by atoms with E-state index in [1.54, 1.807) is 6.20 Å². The number of carbonyl (C=O) groups excluding carboxylic acids is 1. The summed E-state index contributed by atoms with van der Waals surface area (Å²) in [6.45, 7) is 0. The molecule has 2 rings (SSSR count). The van der Waals surface area contributed by atoms with E-state index in [9.17, 15) is 4.79 Å². The lowest BCUT2D eigenvalue weighted by molar-refractivity contribution is 0.112. The minimum atomic E-state index is 0.741. The zero-order valence-corrected chi connectivity index (χ0v) is 8.87. The van der Waals surface area contributed by atoms with E-state index in [0.717, 1.165) is 27.8 Å². The predicted octanol–water partition coefficient (Wildman–Crippen LogP) is 2.39. The van der Waals surface area contributed by atoms with Crippen LogP contribution < -0.4 is 0 Å². The molecule has 0 spiro atoms. The van der Waals surface area contributed by atoms with Crippen molar-refractivity contribution in [1.29, 1.82) is 0 Å². The first-order chi connectivity index (χ1) is 6.38. The second-order valence-electron chi connectivity index (χ2n) is 3.11. The van der Waals surface area contributed by atoms with Crippen LogP contribution in [0.4, 0.5) is 0 Å². The molecule has 1 unspecified atom stereocenters. The Morgan fingerprint density at radius 2 is 2.62 bits per heavy atom. The molecule has 1 aliphatic rings. The number of thiazole rings is 1. The molecule has 0 amide bonds. The fourth-order valence-corrected chi connectivity index (χ4v) is 3.67. The first-order valence-corrected chi connectivity index (χ1v) is 6.26. The van der Waals surface area contributed by atoms with Crippen molar-refractivity contribution in [1.82, 2.24) is 4.98 Å². The Morgan fingerprint density at radius 1 is 1.69 bits per heavy atom. The summed E-state index contributed by atoms with van der Waals surface area (Å²) in [4.78, 5) is 15.4. The van der Waals surface area contributed by atoms with Crippen molar-refractivity contribution >= 4 is 29.4 Å². The van der Waals surface area contributed by atoms with Crippen molar-refractivity contribution in [2.75, 3.05) is 5.75 Å². The molecule has 1 aromatic rings. The zero-order valence-electron chi connectivity index (χ0n) is 7.23. The van der Waals surface area contributed by atoms with E-state index in [1.165, 1.54) is 29.9 Å². The molecule has 0 bridgehead atoms. The summed E-state index contributed by atoms with van der Waals surface area (Å²) < 4.78 is 0. The van der Waals surface area contributed by atoms with E-state index in [4.69, 9.17) is 0 Å². The Balaban J connectivity index is 1.96. The molecule has 0 saturated carbocycles. The molecule has 2 nitrogen and oxygen atoms in total. The minimum Gasteiger partial charge on any atom is -0.297 e. The van der Waals surface area contributed by atoms with Gasteiger partial charge in [-0.05, 0) is 18.6 Å². The van der Waals surface area contributed by atoms with Crippen molar-refractivity contribution in [3.63, 3.8) is 0 Å². The topological polar surface area (TPSA) is 30.0 Å². The Kier molecular flexibility index (Phi) is 3.01. The van der Waals surface area contributed by atoms with Gasteiger partial charge in [0, 0.05) is 17.9 Å². The Labute approximate surface area is 85.8 Å². The maximum Gasteiger partial charge on any atom is 0.161 e. The average molecular weight is 213 g/mol. The normalized spacial score (nSPS) is 22.0. The zero-order chi connectivity index (χ0) is 9.10. The molecule has 4 heteroatoms. The van der Waals surface area contributed by atoms with Crippen molar-refractivity contribution in [2.24, 2.45) is 0 Å². The van der Waals surface area contributed by atoms with E-state index in [2.05, 4.69) is 4.98 Å². The molecule has 0 radical (unpaired) electrons. The van der Waals surface area contributed by atoms with Gasteiger partial charge in [-0.1, -0.05) is 0 Å². The van der Waals surface area contributed by atoms with E-state index in [0.29, 0.717) is 0 Å². The summed E-state index contributed by atoms with van der Waals surface area (Å²) in [5, 5.41) is 1.85. The monoisotopic (exact) mass is 213 g/mol. The lowest BCUT2D eigenvalue weighted by Gasteiger charge is -2.03. The van der Waals surface area contributed by atoms with Gasteiger partial charge >= 0.3 is 0 Å². The standard InChI is InChI=1S/C9H11NOS2/c11-6-8-5-10-9(13-8)4-7-2-1-3-12-7/h5-7H,1-4H2. The summed E-state index contributed by atoms with van der Waals surface area (Å²) >= 11 is 3.56. The summed E-state index contributed by atoms with van der Waals surface area (Å²) in [6, 6.07) is 0. The van der Waals surface area contributed by atoms with Gasteiger partial charge in [0.2, 0.25) is 0 Å². The van der Waals surface area contributed by atoms with Crippen LogP contribution in [-0.4, -0.2) is 22.3 Å². The van der Waals surface area contributed by atoms with Crippen LogP contribution in [0.1, 0.15) is 27.5 Å². The van der Waals surface area contributed by atoms with Crippen LogP contribution in [-0.2, 0) is 6.42 Å². The highest BCUT2D eigenvalue weighted by atomic mass is 32.2. The van der Waals surface area contributed by atoms with E-state index in [-0.39, 0.29) is 0 Å². The molecule has 70 valence electrons. The number of aromatic nitrogens is 1. The SMILES string of the molecule is O=Cc1cnc(CC2CCCS2)s1. The van der Waals surface area contributed by atoms with Gasteiger partial charge in [0.15, 0.2) is 6.29 Å². The highest BCUT2D eigenvalue weighted by Gasteiger charge is 2.17. The van der Waals surface area contributed by atoms with Crippen LogP contribution in [0, 0.1) is 0 Å². The third kappa shape index (κ3) is 2.31. The van der Waals surface area contributed by atoms with Crippen LogP contribution >= 0.6 is 23.1 Å². The van der Waals surface area contributed by atoms with E-state index in [1.807, 2.05) is 11.8 Å². The van der Waals surface area contributed by atoms with Crippen LogP contribution in [0.5, 0.6) is 0 Å². The predicted molar refractivity (Wildman–Crippen MR) is 56.7 cm³/mol. The number of thioether (sulfide) groups is 1. The molecule has 1 aliphatic heterocycles. The van der Waals surface area contributed by atoms with Gasteiger partial charge in [-0.2, -0.15) is 11.8 Å². The molecular weight excluding hydrogens is 202 g/mol. The van der Waals surface area contributed by atoms with Crippen LogP contribution in [0.25, 0.3) is 0 Å². The first kappa shape index (κ1) is 9.21. The van der Waals surface area contributed by atoms with Crippen LogP contribution in [0.2, 0.25) is 0 Å². The molecule has 0 aliphatic carbocycles. The van der Waals surface area contributed by atoms with E-state index >= 15 is 0 Å². The molecule has 1 aromatic heterocycles. The van der Waals surface area contributed by atoms with Gasteiger partial charge in [0.05, 0.1) is 9.88 Å². The summed E-state index contributed by atoms with van der Waals surface area (Å²) in [6.07, 6.45) is 6.24. The molecule has 1 atom stereocenters. The molecule has 1 fully saturated rings. The number of hydrogen-bond donors (Lipinski definition) is 0. The highest BCUT2D eigenvalue weighted by Crippen LogP contribution is 2.29. The quantitative estimate of drug-likeness (QED) is 0.722. The molecule has 0 aromatic carbocycles. The van der Waals surface area contributed by atoms with Crippen LogP contribution in [0.15, 0.2) is 6.20 Å². The first-order valence-electron chi connectivity index (χ1n) is 4.40. The van der Waals surface area contributed by atoms with Gasteiger partial charge in [-0.3, -0.25) is 4.79 Å². The van der Waals surface area contributed by atoms with Crippen molar-refractivity contribution < 1.29 is 4.79 Å². The fourth-order valence-electron chi connectivity index (χ4n) is 1.47. The minimum absolute atomic E-state index is 0.741. The fraction of sp³-hybridized carbons (Fsp3) is 0.556. The van der Waals surface area contributed by atoms with Gasteiger partial charge < -0.3 is 0 Å². The third-order valence-electron chi connectivity index (χ3n) is 2.11. The number of aldehydes is 1. The molecule has 2 heterocycles.